The number of unbranched alkanes of at least 4 members (excludes halogenated alkanes) is 1. The molecule has 4 nitrogen and oxygen atoms in total. The Balaban J connectivity index is 1.97. The van der Waals surface area contributed by atoms with Crippen molar-refractivity contribution in [3.8, 4) is 11.5 Å². The van der Waals surface area contributed by atoms with Crippen molar-refractivity contribution in [2.75, 3.05) is 5.75 Å². The maximum Gasteiger partial charge on any atom is 0.211 e. The third-order valence-corrected chi connectivity index (χ3v) is 4.55. The van der Waals surface area contributed by atoms with E-state index in [0.717, 1.165) is 17.7 Å². The molecule has 0 spiro atoms. The van der Waals surface area contributed by atoms with Crippen LogP contribution >= 0.6 is 0 Å². The fraction of sp³-hybridized carbons (Fsp3) is 0.294. The molecule has 0 radical (unpaired) electrons. The van der Waals surface area contributed by atoms with Crippen LogP contribution in [-0.4, -0.2) is 14.2 Å². The summed E-state index contributed by atoms with van der Waals surface area (Å²) in [6.07, 6.45) is 1.54. The van der Waals surface area contributed by atoms with Gasteiger partial charge in [-0.1, -0.05) is 43.7 Å². The summed E-state index contributed by atoms with van der Waals surface area (Å²) in [6.45, 7) is 2.25. The Bertz CT molecular complexity index is 684. The zero-order valence-corrected chi connectivity index (χ0v) is 13.5. The lowest BCUT2D eigenvalue weighted by atomic mass is 10.2. The van der Waals surface area contributed by atoms with Gasteiger partial charge in [0.15, 0.2) is 0 Å². The van der Waals surface area contributed by atoms with Crippen molar-refractivity contribution in [3.63, 3.8) is 0 Å². The van der Waals surface area contributed by atoms with E-state index in [-0.39, 0.29) is 12.3 Å². The van der Waals surface area contributed by atoms with Crippen molar-refractivity contribution in [1.82, 2.24) is 4.72 Å². The zero-order chi connectivity index (χ0) is 15.8. The van der Waals surface area contributed by atoms with Gasteiger partial charge in [-0.3, -0.25) is 0 Å². The highest BCUT2D eigenvalue weighted by atomic mass is 32.2. The van der Waals surface area contributed by atoms with Gasteiger partial charge < -0.3 is 4.74 Å². The predicted octanol–water partition coefficient (Wildman–Crippen LogP) is 3.70. The maximum atomic E-state index is 11.8. The van der Waals surface area contributed by atoms with Crippen LogP contribution in [0, 0.1) is 0 Å². The van der Waals surface area contributed by atoms with Crippen molar-refractivity contribution in [2.45, 2.75) is 26.3 Å². The molecule has 0 heterocycles. The molecule has 22 heavy (non-hydrogen) atoms. The number of nitrogens with one attached hydrogen (secondary N) is 1. The van der Waals surface area contributed by atoms with E-state index in [1.807, 2.05) is 61.5 Å². The van der Waals surface area contributed by atoms with Crippen LogP contribution < -0.4 is 9.46 Å². The SMILES string of the molecule is CCCCS(=O)(=O)NCc1cccc(Oc2ccccc2)c1. The van der Waals surface area contributed by atoms with E-state index in [2.05, 4.69) is 4.72 Å². The fourth-order valence-corrected chi connectivity index (χ4v) is 3.14. The second-order valence-electron chi connectivity index (χ2n) is 5.06. The van der Waals surface area contributed by atoms with Gasteiger partial charge in [0.25, 0.3) is 0 Å². The Hall–Kier alpha value is -1.85. The summed E-state index contributed by atoms with van der Waals surface area (Å²) in [5.74, 6) is 1.61. The number of hydrogen-bond acceptors (Lipinski definition) is 3. The highest BCUT2D eigenvalue weighted by Crippen LogP contribution is 2.21. The maximum absolute atomic E-state index is 11.8. The molecule has 0 aliphatic rings. The molecule has 0 saturated carbocycles. The first-order valence-electron chi connectivity index (χ1n) is 7.38. The second kappa shape index (κ2) is 7.96. The number of ether oxygens (including phenoxy) is 1. The molecule has 2 rings (SSSR count). The van der Waals surface area contributed by atoms with Gasteiger partial charge in [0, 0.05) is 6.54 Å². The van der Waals surface area contributed by atoms with Crippen molar-refractivity contribution >= 4 is 10.0 Å². The predicted molar refractivity (Wildman–Crippen MR) is 88.5 cm³/mol. The standard InChI is InChI=1S/C17H21NO3S/c1-2-3-12-22(19,20)18-14-15-8-7-11-17(13-15)21-16-9-5-4-6-10-16/h4-11,13,18H,2-3,12,14H2,1H3. The van der Waals surface area contributed by atoms with Gasteiger partial charge in [0.2, 0.25) is 10.0 Å². The summed E-state index contributed by atoms with van der Waals surface area (Å²) in [6, 6.07) is 16.9. The molecule has 0 bridgehead atoms. The van der Waals surface area contributed by atoms with Crippen molar-refractivity contribution < 1.29 is 13.2 Å². The first-order chi connectivity index (χ1) is 10.6. The van der Waals surface area contributed by atoms with E-state index >= 15 is 0 Å². The molecule has 2 aromatic carbocycles. The molecule has 1 N–H and O–H groups in total. The number of rotatable bonds is 8. The Morgan fingerprint density at radius 3 is 2.45 bits per heavy atom. The number of para-hydroxylation sites is 1. The first-order valence-corrected chi connectivity index (χ1v) is 9.03. The summed E-state index contributed by atoms with van der Waals surface area (Å²) in [5, 5.41) is 0. The Labute approximate surface area is 132 Å². The van der Waals surface area contributed by atoms with Crippen LogP contribution in [-0.2, 0) is 16.6 Å². The van der Waals surface area contributed by atoms with Gasteiger partial charge >= 0.3 is 0 Å². The minimum atomic E-state index is -3.20. The summed E-state index contributed by atoms with van der Waals surface area (Å²) in [5.41, 5.74) is 0.869. The summed E-state index contributed by atoms with van der Waals surface area (Å²) >= 11 is 0. The monoisotopic (exact) mass is 319 g/mol. The smallest absolute Gasteiger partial charge is 0.211 e. The molecular weight excluding hydrogens is 298 g/mol. The number of sulfonamides is 1. The summed E-state index contributed by atoms with van der Waals surface area (Å²) < 4.78 is 31.9. The zero-order valence-electron chi connectivity index (χ0n) is 12.7. The van der Waals surface area contributed by atoms with E-state index in [0.29, 0.717) is 12.2 Å². The molecular formula is C17H21NO3S. The third-order valence-electron chi connectivity index (χ3n) is 3.14. The lowest BCUT2D eigenvalue weighted by molar-refractivity contribution is 0.482. The highest BCUT2D eigenvalue weighted by molar-refractivity contribution is 7.89. The summed E-state index contributed by atoms with van der Waals surface area (Å²) in [4.78, 5) is 0. The van der Waals surface area contributed by atoms with Crippen LogP contribution in [0.5, 0.6) is 11.5 Å². The van der Waals surface area contributed by atoms with Crippen molar-refractivity contribution in [2.24, 2.45) is 0 Å². The van der Waals surface area contributed by atoms with Gasteiger partial charge in [0.1, 0.15) is 11.5 Å². The van der Waals surface area contributed by atoms with E-state index in [9.17, 15) is 8.42 Å². The molecule has 2 aromatic rings. The average Bonchev–Trinajstić information content (AvgIpc) is 2.53. The third kappa shape index (κ3) is 5.50. The van der Waals surface area contributed by atoms with Gasteiger partial charge in [0.05, 0.1) is 5.75 Å². The first kappa shape index (κ1) is 16.5. The molecule has 0 fully saturated rings. The molecule has 0 amide bonds. The molecule has 5 heteroatoms. The van der Waals surface area contributed by atoms with Gasteiger partial charge in [-0.05, 0) is 36.2 Å². The number of benzene rings is 2. The Morgan fingerprint density at radius 1 is 1.00 bits per heavy atom. The van der Waals surface area contributed by atoms with Crippen LogP contribution in [0.15, 0.2) is 54.6 Å². The molecule has 0 aliphatic carbocycles. The molecule has 0 aromatic heterocycles. The van der Waals surface area contributed by atoms with E-state index in [1.54, 1.807) is 0 Å². The van der Waals surface area contributed by atoms with Crippen LogP contribution in [0.2, 0.25) is 0 Å². The normalized spacial score (nSPS) is 11.3. The lowest BCUT2D eigenvalue weighted by Crippen LogP contribution is -2.25. The molecule has 0 unspecified atom stereocenters. The van der Waals surface area contributed by atoms with Gasteiger partial charge in [-0.2, -0.15) is 0 Å². The average molecular weight is 319 g/mol. The lowest BCUT2D eigenvalue weighted by Gasteiger charge is -2.09. The van der Waals surface area contributed by atoms with Crippen LogP contribution in [0.4, 0.5) is 0 Å². The number of hydrogen-bond donors (Lipinski definition) is 1. The highest BCUT2D eigenvalue weighted by Gasteiger charge is 2.09. The van der Waals surface area contributed by atoms with Crippen molar-refractivity contribution in [3.05, 3.63) is 60.2 Å². The Morgan fingerprint density at radius 2 is 1.73 bits per heavy atom. The van der Waals surface area contributed by atoms with Gasteiger partial charge in [-0.25, -0.2) is 13.1 Å². The van der Waals surface area contributed by atoms with E-state index in [4.69, 9.17) is 4.74 Å². The fourth-order valence-electron chi connectivity index (χ4n) is 1.94. The summed E-state index contributed by atoms with van der Waals surface area (Å²) in [7, 11) is -3.20. The van der Waals surface area contributed by atoms with E-state index in [1.165, 1.54) is 0 Å². The van der Waals surface area contributed by atoms with Crippen LogP contribution in [0.25, 0.3) is 0 Å². The van der Waals surface area contributed by atoms with Gasteiger partial charge in [-0.15, -0.1) is 0 Å². The second-order valence-corrected chi connectivity index (χ2v) is 6.98. The largest absolute Gasteiger partial charge is 0.457 e. The topological polar surface area (TPSA) is 55.4 Å². The molecule has 118 valence electrons. The van der Waals surface area contributed by atoms with Crippen LogP contribution in [0.1, 0.15) is 25.3 Å². The van der Waals surface area contributed by atoms with Crippen molar-refractivity contribution in [1.29, 1.82) is 0 Å². The van der Waals surface area contributed by atoms with Crippen LogP contribution in [0.3, 0.4) is 0 Å². The molecule has 0 atom stereocenters. The quantitative estimate of drug-likeness (QED) is 0.807. The minimum Gasteiger partial charge on any atom is -0.457 e. The molecule has 0 aliphatic heterocycles. The van der Waals surface area contributed by atoms with E-state index < -0.39 is 10.0 Å². The minimum absolute atomic E-state index is 0.170. The Kier molecular flexibility index (Phi) is 5.98. The molecule has 0 saturated heterocycles.